The third kappa shape index (κ3) is 6.02. The van der Waals surface area contributed by atoms with E-state index in [0.717, 1.165) is 21.9 Å². The molecule has 0 spiro atoms. The Bertz CT molecular complexity index is 1110. The van der Waals surface area contributed by atoms with Gasteiger partial charge in [0.2, 0.25) is 11.8 Å². The van der Waals surface area contributed by atoms with Crippen LogP contribution in [0.15, 0.2) is 60.7 Å². The van der Waals surface area contributed by atoms with Crippen molar-refractivity contribution < 1.29 is 9.59 Å². The molecule has 0 aromatic heterocycles. The summed E-state index contributed by atoms with van der Waals surface area (Å²) in [6, 6.07) is 18.9. The quantitative estimate of drug-likeness (QED) is 0.437. The van der Waals surface area contributed by atoms with Crippen molar-refractivity contribution in [3.8, 4) is 0 Å². The molecule has 1 atom stereocenters. The van der Waals surface area contributed by atoms with Crippen LogP contribution >= 0.6 is 23.2 Å². The molecule has 0 aliphatic rings. The van der Waals surface area contributed by atoms with Gasteiger partial charge in [0.25, 0.3) is 0 Å². The Hall–Kier alpha value is -2.56. The fourth-order valence-electron chi connectivity index (χ4n) is 3.72. The summed E-state index contributed by atoms with van der Waals surface area (Å²) in [5.74, 6) is -0.269. The molecule has 0 heterocycles. The lowest BCUT2D eigenvalue weighted by Gasteiger charge is -2.29. The van der Waals surface area contributed by atoms with Crippen LogP contribution in [0.1, 0.15) is 38.3 Å². The minimum absolute atomic E-state index is 0.0115. The number of amides is 2. The van der Waals surface area contributed by atoms with E-state index < -0.39 is 6.04 Å². The van der Waals surface area contributed by atoms with E-state index in [4.69, 9.17) is 23.2 Å². The standard InChI is InChI=1S/C26H28Cl2N2O2/c1-17(2)29-26(32)18(3)30(16-19-11-13-23(27)24(28)15-19)25(31)14-12-21-9-6-8-20-7-4-5-10-22(20)21/h4-11,13,15,17-18H,12,14,16H2,1-3H3,(H,29,32). The van der Waals surface area contributed by atoms with Gasteiger partial charge in [-0.05, 0) is 61.2 Å². The minimum atomic E-state index is -0.619. The van der Waals surface area contributed by atoms with Crippen molar-refractivity contribution in [3.63, 3.8) is 0 Å². The topological polar surface area (TPSA) is 49.4 Å². The van der Waals surface area contributed by atoms with Crippen LogP contribution < -0.4 is 5.32 Å². The molecule has 4 nitrogen and oxygen atoms in total. The van der Waals surface area contributed by atoms with Gasteiger partial charge in [0.15, 0.2) is 0 Å². The minimum Gasteiger partial charge on any atom is -0.352 e. The summed E-state index contributed by atoms with van der Waals surface area (Å²) in [5.41, 5.74) is 1.94. The molecule has 1 N–H and O–H groups in total. The lowest BCUT2D eigenvalue weighted by molar-refractivity contribution is -0.140. The van der Waals surface area contributed by atoms with Crippen molar-refractivity contribution >= 4 is 45.8 Å². The van der Waals surface area contributed by atoms with Crippen molar-refractivity contribution in [2.24, 2.45) is 0 Å². The third-order valence-electron chi connectivity index (χ3n) is 5.42. The second kappa shape index (κ2) is 10.8. The van der Waals surface area contributed by atoms with Crippen LogP contribution in [-0.2, 0) is 22.6 Å². The summed E-state index contributed by atoms with van der Waals surface area (Å²) < 4.78 is 0. The Morgan fingerprint density at radius 2 is 1.66 bits per heavy atom. The largest absolute Gasteiger partial charge is 0.352 e. The molecule has 3 aromatic carbocycles. The molecule has 6 heteroatoms. The van der Waals surface area contributed by atoms with Gasteiger partial charge in [0, 0.05) is 19.0 Å². The predicted molar refractivity (Wildman–Crippen MR) is 132 cm³/mol. The van der Waals surface area contributed by atoms with E-state index >= 15 is 0 Å². The number of nitrogens with one attached hydrogen (secondary N) is 1. The summed E-state index contributed by atoms with van der Waals surface area (Å²) in [7, 11) is 0. The maximum absolute atomic E-state index is 13.3. The van der Waals surface area contributed by atoms with E-state index in [1.807, 2.05) is 44.2 Å². The Balaban J connectivity index is 1.81. The summed E-state index contributed by atoms with van der Waals surface area (Å²) >= 11 is 12.2. The first-order chi connectivity index (χ1) is 15.3. The van der Waals surface area contributed by atoms with Gasteiger partial charge in [0.05, 0.1) is 10.0 Å². The molecule has 0 radical (unpaired) electrons. The number of halogens is 2. The Labute approximate surface area is 199 Å². The van der Waals surface area contributed by atoms with Crippen LogP contribution in [0.25, 0.3) is 10.8 Å². The molecule has 0 fully saturated rings. The fraction of sp³-hybridized carbons (Fsp3) is 0.308. The molecule has 32 heavy (non-hydrogen) atoms. The van der Waals surface area contributed by atoms with Crippen LogP contribution in [0.5, 0.6) is 0 Å². The molecule has 3 aromatic rings. The van der Waals surface area contributed by atoms with Gasteiger partial charge < -0.3 is 10.2 Å². The molecule has 0 saturated heterocycles. The van der Waals surface area contributed by atoms with Crippen molar-refractivity contribution in [1.29, 1.82) is 0 Å². The van der Waals surface area contributed by atoms with E-state index in [1.165, 1.54) is 0 Å². The van der Waals surface area contributed by atoms with Gasteiger partial charge in [-0.1, -0.05) is 71.7 Å². The molecular formula is C26H28Cl2N2O2. The Morgan fingerprint density at radius 1 is 0.938 bits per heavy atom. The van der Waals surface area contributed by atoms with Gasteiger partial charge in [-0.3, -0.25) is 9.59 Å². The highest BCUT2D eigenvalue weighted by atomic mass is 35.5. The number of carbonyl (C=O) groups is 2. The van der Waals surface area contributed by atoms with Crippen LogP contribution in [-0.4, -0.2) is 28.8 Å². The molecule has 0 saturated carbocycles. The van der Waals surface area contributed by atoms with Crippen molar-refractivity contribution in [1.82, 2.24) is 10.2 Å². The SMILES string of the molecule is CC(C)NC(=O)C(C)N(Cc1ccc(Cl)c(Cl)c1)C(=O)CCc1cccc2ccccc12. The number of hydrogen-bond donors (Lipinski definition) is 1. The molecule has 2 amide bonds. The average molecular weight is 471 g/mol. The van der Waals surface area contributed by atoms with Crippen molar-refractivity contribution in [2.45, 2.75) is 52.2 Å². The molecule has 0 aliphatic carbocycles. The van der Waals surface area contributed by atoms with Gasteiger partial charge in [0.1, 0.15) is 6.04 Å². The molecule has 0 aliphatic heterocycles. The number of benzene rings is 3. The summed E-state index contributed by atoms with van der Waals surface area (Å²) in [6.07, 6.45) is 0.894. The number of nitrogens with zero attached hydrogens (tertiary/aromatic N) is 1. The molecule has 168 valence electrons. The number of aryl methyl sites for hydroxylation is 1. The predicted octanol–water partition coefficient (Wildman–Crippen LogP) is 6.02. The first-order valence-corrected chi connectivity index (χ1v) is 11.5. The maximum Gasteiger partial charge on any atom is 0.242 e. The molecular weight excluding hydrogens is 443 g/mol. The van der Waals surface area contributed by atoms with Crippen molar-refractivity contribution in [3.05, 3.63) is 81.8 Å². The number of rotatable bonds is 8. The van der Waals surface area contributed by atoms with E-state index in [0.29, 0.717) is 22.9 Å². The summed E-state index contributed by atoms with van der Waals surface area (Å²) in [4.78, 5) is 27.6. The van der Waals surface area contributed by atoms with Crippen LogP contribution in [0.3, 0.4) is 0 Å². The first-order valence-electron chi connectivity index (χ1n) is 10.8. The van der Waals surface area contributed by atoms with E-state index in [9.17, 15) is 9.59 Å². The summed E-state index contributed by atoms with van der Waals surface area (Å²) in [6.45, 7) is 5.83. The van der Waals surface area contributed by atoms with Crippen LogP contribution in [0.4, 0.5) is 0 Å². The number of hydrogen-bond acceptors (Lipinski definition) is 2. The summed E-state index contributed by atoms with van der Waals surface area (Å²) in [5, 5.41) is 6.07. The highest BCUT2D eigenvalue weighted by Crippen LogP contribution is 2.25. The third-order valence-corrected chi connectivity index (χ3v) is 6.16. The zero-order valence-electron chi connectivity index (χ0n) is 18.6. The van der Waals surface area contributed by atoms with Gasteiger partial charge in [-0.25, -0.2) is 0 Å². The second-order valence-electron chi connectivity index (χ2n) is 8.25. The fourth-order valence-corrected chi connectivity index (χ4v) is 4.04. The van der Waals surface area contributed by atoms with Crippen LogP contribution in [0.2, 0.25) is 10.0 Å². The lowest BCUT2D eigenvalue weighted by atomic mass is 10.0. The Kier molecular flexibility index (Phi) is 8.16. The molecule has 3 rings (SSSR count). The van der Waals surface area contributed by atoms with E-state index in [-0.39, 0.29) is 24.4 Å². The number of carbonyl (C=O) groups excluding carboxylic acids is 2. The van der Waals surface area contributed by atoms with E-state index in [2.05, 4.69) is 23.5 Å². The first kappa shape index (κ1) is 24.1. The number of fused-ring (bicyclic) bond motifs is 1. The molecule has 1 unspecified atom stereocenters. The molecule has 0 bridgehead atoms. The van der Waals surface area contributed by atoms with Crippen molar-refractivity contribution in [2.75, 3.05) is 0 Å². The van der Waals surface area contributed by atoms with Gasteiger partial charge in [-0.2, -0.15) is 0 Å². The average Bonchev–Trinajstić information content (AvgIpc) is 2.77. The lowest BCUT2D eigenvalue weighted by Crippen LogP contribution is -2.49. The highest BCUT2D eigenvalue weighted by Gasteiger charge is 2.26. The monoisotopic (exact) mass is 470 g/mol. The normalized spacial score (nSPS) is 12.1. The van der Waals surface area contributed by atoms with Gasteiger partial charge >= 0.3 is 0 Å². The maximum atomic E-state index is 13.3. The highest BCUT2D eigenvalue weighted by molar-refractivity contribution is 6.42. The smallest absolute Gasteiger partial charge is 0.242 e. The van der Waals surface area contributed by atoms with Gasteiger partial charge in [-0.15, -0.1) is 0 Å². The van der Waals surface area contributed by atoms with Crippen LogP contribution in [0, 0.1) is 0 Å². The Morgan fingerprint density at radius 3 is 2.38 bits per heavy atom. The van der Waals surface area contributed by atoms with E-state index in [1.54, 1.807) is 24.0 Å². The second-order valence-corrected chi connectivity index (χ2v) is 9.06. The zero-order chi connectivity index (χ0) is 23.3. The zero-order valence-corrected chi connectivity index (χ0v) is 20.1.